The molecule has 0 aliphatic heterocycles. The smallest absolute Gasteiger partial charge is 0.174 e. The van der Waals surface area contributed by atoms with Gasteiger partial charge in [0.05, 0.1) is 10.6 Å². The number of benzene rings is 1. The topological polar surface area (TPSA) is 30.0 Å². The molecule has 0 N–H and O–H groups in total. The van der Waals surface area contributed by atoms with E-state index in [2.05, 4.69) is 4.98 Å². The van der Waals surface area contributed by atoms with Gasteiger partial charge in [-0.3, -0.25) is 4.79 Å². The van der Waals surface area contributed by atoms with Crippen molar-refractivity contribution in [2.45, 2.75) is 19.3 Å². The molecular weight excluding hydrogens is 254 g/mol. The molecule has 0 bridgehead atoms. The van der Waals surface area contributed by atoms with E-state index in [1.54, 1.807) is 0 Å². The molecule has 1 heterocycles. The molecule has 0 saturated carbocycles. The van der Waals surface area contributed by atoms with Crippen LogP contribution < -0.4 is 0 Å². The van der Waals surface area contributed by atoms with Gasteiger partial charge in [0.25, 0.3) is 0 Å². The van der Waals surface area contributed by atoms with Crippen LogP contribution in [0.2, 0.25) is 5.02 Å². The standard InChI is InChI=1S/C13H10ClNOS/c14-9-4-1-3-8(7-9)13-15-10-5-2-6-11(16)12(10)17-13/h1,3-4,7H,2,5-6H2. The lowest BCUT2D eigenvalue weighted by molar-refractivity contribution is 0.0976. The number of ketones is 1. The fourth-order valence-electron chi connectivity index (χ4n) is 2.01. The second-order valence-corrected chi connectivity index (χ2v) is 5.52. The second kappa shape index (κ2) is 4.24. The van der Waals surface area contributed by atoms with Gasteiger partial charge in [-0.25, -0.2) is 4.98 Å². The zero-order chi connectivity index (χ0) is 11.8. The molecule has 0 saturated heterocycles. The van der Waals surface area contributed by atoms with Crippen molar-refractivity contribution in [3.8, 4) is 10.6 Å². The number of aryl methyl sites for hydroxylation is 1. The molecule has 1 aromatic carbocycles. The third-order valence-electron chi connectivity index (χ3n) is 2.84. The molecule has 2 nitrogen and oxygen atoms in total. The van der Waals surface area contributed by atoms with Crippen molar-refractivity contribution < 1.29 is 4.79 Å². The van der Waals surface area contributed by atoms with Crippen molar-refractivity contribution in [3.05, 3.63) is 39.9 Å². The summed E-state index contributed by atoms with van der Waals surface area (Å²) in [5.74, 6) is 0.233. The minimum absolute atomic E-state index is 0.233. The van der Waals surface area contributed by atoms with E-state index < -0.39 is 0 Å². The number of hydrogen-bond acceptors (Lipinski definition) is 3. The maximum absolute atomic E-state index is 11.7. The van der Waals surface area contributed by atoms with Gasteiger partial charge < -0.3 is 0 Å². The Balaban J connectivity index is 2.08. The van der Waals surface area contributed by atoms with Crippen LogP contribution in [0.5, 0.6) is 0 Å². The number of thiazole rings is 1. The number of rotatable bonds is 1. The van der Waals surface area contributed by atoms with Crippen LogP contribution in [0.4, 0.5) is 0 Å². The van der Waals surface area contributed by atoms with Gasteiger partial charge in [-0.05, 0) is 25.0 Å². The SMILES string of the molecule is O=C1CCCc2nc(-c3cccc(Cl)c3)sc21. The van der Waals surface area contributed by atoms with Gasteiger partial charge in [-0.2, -0.15) is 0 Å². The molecule has 2 aromatic rings. The lowest BCUT2D eigenvalue weighted by atomic mass is 10.0. The highest BCUT2D eigenvalue weighted by atomic mass is 35.5. The summed E-state index contributed by atoms with van der Waals surface area (Å²) in [6, 6.07) is 7.60. The molecule has 1 aromatic heterocycles. The summed E-state index contributed by atoms with van der Waals surface area (Å²) in [4.78, 5) is 17.1. The van der Waals surface area contributed by atoms with Crippen LogP contribution in [0.25, 0.3) is 10.6 Å². The number of carbonyl (C=O) groups is 1. The Morgan fingerprint density at radius 3 is 2.94 bits per heavy atom. The van der Waals surface area contributed by atoms with Crippen LogP contribution >= 0.6 is 22.9 Å². The predicted molar refractivity (Wildman–Crippen MR) is 69.8 cm³/mol. The summed E-state index contributed by atoms with van der Waals surface area (Å²) in [7, 11) is 0. The van der Waals surface area contributed by atoms with Crippen molar-refractivity contribution in [1.82, 2.24) is 4.98 Å². The Bertz CT molecular complexity index is 591. The molecule has 3 rings (SSSR count). The van der Waals surface area contributed by atoms with Crippen molar-refractivity contribution in [2.24, 2.45) is 0 Å². The normalized spacial score (nSPS) is 14.8. The van der Waals surface area contributed by atoms with E-state index in [1.807, 2.05) is 24.3 Å². The van der Waals surface area contributed by atoms with Crippen LogP contribution in [0.15, 0.2) is 24.3 Å². The highest BCUT2D eigenvalue weighted by Gasteiger charge is 2.22. The van der Waals surface area contributed by atoms with E-state index in [0.717, 1.165) is 34.0 Å². The predicted octanol–water partition coefficient (Wildman–Crippen LogP) is 3.98. The first-order valence-corrected chi connectivity index (χ1v) is 6.72. The maximum atomic E-state index is 11.7. The number of fused-ring (bicyclic) bond motifs is 1. The summed E-state index contributed by atoms with van der Waals surface area (Å²) >= 11 is 7.45. The molecule has 0 fully saturated rings. The fourth-order valence-corrected chi connectivity index (χ4v) is 3.28. The summed E-state index contributed by atoms with van der Waals surface area (Å²) in [6.45, 7) is 0. The quantitative estimate of drug-likeness (QED) is 0.779. The van der Waals surface area contributed by atoms with E-state index in [9.17, 15) is 4.79 Å². The number of aromatic nitrogens is 1. The Hall–Kier alpha value is -1.19. The van der Waals surface area contributed by atoms with Crippen LogP contribution in [0.3, 0.4) is 0 Å². The first-order valence-electron chi connectivity index (χ1n) is 5.53. The molecule has 0 radical (unpaired) electrons. The van der Waals surface area contributed by atoms with Gasteiger partial charge in [0.2, 0.25) is 0 Å². The summed E-state index contributed by atoms with van der Waals surface area (Å²) in [5.41, 5.74) is 1.95. The van der Waals surface area contributed by atoms with E-state index in [4.69, 9.17) is 11.6 Å². The molecule has 17 heavy (non-hydrogen) atoms. The maximum Gasteiger partial charge on any atom is 0.174 e. The zero-order valence-electron chi connectivity index (χ0n) is 9.07. The van der Waals surface area contributed by atoms with Gasteiger partial charge in [-0.1, -0.05) is 23.7 Å². The average Bonchev–Trinajstić information content (AvgIpc) is 2.74. The largest absolute Gasteiger partial charge is 0.293 e. The number of carbonyl (C=O) groups excluding carboxylic acids is 1. The van der Waals surface area contributed by atoms with Gasteiger partial charge in [0, 0.05) is 17.0 Å². The highest BCUT2D eigenvalue weighted by Crippen LogP contribution is 2.33. The molecule has 1 aliphatic rings. The van der Waals surface area contributed by atoms with Gasteiger partial charge >= 0.3 is 0 Å². The lowest BCUT2D eigenvalue weighted by Gasteiger charge is -2.06. The summed E-state index contributed by atoms with van der Waals surface area (Å²) in [5, 5.41) is 1.59. The lowest BCUT2D eigenvalue weighted by Crippen LogP contribution is -2.07. The monoisotopic (exact) mass is 263 g/mol. The Kier molecular flexibility index (Phi) is 2.73. The minimum atomic E-state index is 0.233. The van der Waals surface area contributed by atoms with Crippen molar-refractivity contribution in [3.63, 3.8) is 0 Å². The third-order valence-corrected chi connectivity index (χ3v) is 4.26. The first kappa shape index (κ1) is 10.9. The molecule has 0 spiro atoms. The van der Waals surface area contributed by atoms with Crippen LogP contribution in [0.1, 0.15) is 28.2 Å². The summed E-state index contributed by atoms with van der Waals surface area (Å²) < 4.78 is 0. The molecule has 0 amide bonds. The van der Waals surface area contributed by atoms with Gasteiger partial charge in [0.15, 0.2) is 5.78 Å². The number of hydrogen-bond donors (Lipinski definition) is 0. The molecule has 1 aliphatic carbocycles. The van der Waals surface area contributed by atoms with Gasteiger partial charge in [-0.15, -0.1) is 11.3 Å². The molecule has 86 valence electrons. The Labute approximate surface area is 108 Å². The van der Waals surface area contributed by atoms with E-state index >= 15 is 0 Å². The van der Waals surface area contributed by atoms with E-state index in [0.29, 0.717) is 11.4 Å². The van der Waals surface area contributed by atoms with Crippen LogP contribution in [-0.2, 0) is 6.42 Å². The number of nitrogens with zero attached hydrogens (tertiary/aromatic N) is 1. The van der Waals surface area contributed by atoms with E-state index in [-0.39, 0.29) is 5.78 Å². The summed E-state index contributed by atoms with van der Waals surface area (Å²) in [6.07, 6.45) is 2.49. The number of halogens is 1. The minimum Gasteiger partial charge on any atom is -0.293 e. The Morgan fingerprint density at radius 2 is 2.18 bits per heavy atom. The van der Waals surface area contributed by atoms with Crippen molar-refractivity contribution in [2.75, 3.05) is 0 Å². The van der Waals surface area contributed by atoms with Crippen LogP contribution in [-0.4, -0.2) is 10.8 Å². The van der Waals surface area contributed by atoms with Crippen molar-refractivity contribution >= 4 is 28.7 Å². The third kappa shape index (κ3) is 2.01. The highest BCUT2D eigenvalue weighted by molar-refractivity contribution is 7.17. The Morgan fingerprint density at radius 1 is 1.29 bits per heavy atom. The van der Waals surface area contributed by atoms with Gasteiger partial charge in [0.1, 0.15) is 5.01 Å². The number of Topliss-reactive ketones (excluding diaryl/α,β-unsaturated/α-hetero) is 1. The molecule has 0 unspecified atom stereocenters. The average molecular weight is 264 g/mol. The second-order valence-electron chi connectivity index (χ2n) is 4.08. The zero-order valence-corrected chi connectivity index (χ0v) is 10.6. The first-order chi connectivity index (χ1) is 8.24. The molecule has 4 heteroatoms. The van der Waals surface area contributed by atoms with Crippen molar-refractivity contribution in [1.29, 1.82) is 0 Å². The fraction of sp³-hybridized carbons (Fsp3) is 0.231. The molecular formula is C13H10ClNOS. The van der Waals surface area contributed by atoms with Crippen LogP contribution in [0, 0.1) is 0 Å². The molecule has 0 atom stereocenters. The van der Waals surface area contributed by atoms with E-state index in [1.165, 1.54) is 11.3 Å².